The molecule has 1 heterocycles. The number of anilines is 1. The molecule has 0 fully saturated rings. The Kier molecular flexibility index (Phi) is 4.78. The number of rotatable bonds is 4. The van der Waals surface area contributed by atoms with Crippen molar-refractivity contribution in [1.29, 1.82) is 0 Å². The Morgan fingerprint density at radius 1 is 1.14 bits per heavy atom. The zero-order valence-corrected chi connectivity index (χ0v) is 13.1. The fraction of sp³-hybridized carbons (Fsp3) is 0.412. The summed E-state index contributed by atoms with van der Waals surface area (Å²) in [4.78, 5) is 16.5. The largest absolute Gasteiger partial charge is 0.368 e. The average Bonchev–Trinajstić information content (AvgIpc) is 2.87. The SMILES string of the molecule is CC(C)NC1=NCC(C(=O)Nc2ccc(C(C)C)cc2)=C1. The quantitative estimate of drug-likeness (QED) is 0.893. The van der Waals surface area contributed by atoms with Gasteiger partial charge < -0.3 is 10.6 Å². The van der Waals surface area contributed by atoms with Crippen molar-refractivity contribution >= 4 is 17.4 Å². The highest BCUT2D eigenvalue weighted by atomic mass is 16.1. The van der Waals surface area contributed by atoms with Crippen molar-refractivity contribution in [2.24, 2.45) is 4.99 Å². The van der Waals surface area contributed by atoms with Crippen LogP contribution in [-0.2, 0) is 4.79 Å². The van der Waals surface area contributed by atoms with Crippen LogP contribution >= 0.6 is 0 Å². The normalized spacial score (nSPS) is 14.2. The maximum Gasteiger partial charge on any atom is 0.253 e. The highest BCUT2D eigenvalue weighted by molar-refractivity contribution is 6.11. The summed E-state index contributed by atoms with van der Waals surface area (Å²) >= 11 is 0. The molecule has 0 spiro atoms. The van der Waals surface area contributed by atoms with Crippen molar-refractivity contribution in [2.75, 3.05) is 11.9 Å². The van der Waals surface area contributed by atoms with Crippen LogP contribution in [-0.4, -0.2) is 24.3 Å². The first-order valence-electron chi connectivity index (χ1n) is 7.38. The minimum Gasteiger partial charge on any atom is -0.368 e. The number of aliphatic imine (C=N–C) groups is 1. The molecule has 1 aromatic carbocycles. The molecule has 1 aliphatic rings. The Balaban J connectivity index is 1.96. The molecule has 4 nitrogen and oxygen atoms in total. The molecule has 4 heteroatoms. The predicted octanol–water partition coefficient (Wildman–Crippen LogP) is 3.09. The summed E-state index contributed by atoms with van der Waals surface area (Å²) in [5, 5.41) is 6.12. The lowest BCUT2D eigenvalue weighted by atomic mass is 10.0. The summed E-state index contributed by atoms with van der Waals surface area (Å²) < 4.78 is 0. The van der Waals surface area contributed by atoms with E-state index in [1.165, 1.54) is 5.56 Å². The standard InChI is InChI=1S/C17H23N3O/c1-11(2)13-5-7-15(8-6-13)20-17(21)14-9-16(18-10-14)19-12(3)4/h5-9,11-12H,10H2,1-4H3,(H,18,19)(H,20,21). The Morgan fingerprint density at radius 2 is 1.81 bits per heavy atom. The van der Waals surface area contributed by atoms with Crippen LogP contribution in [0.4, 0.5) is 5.69 Å². The molecule has 0 saturated heterocycles. The highest BCUT2D eigenvalue weighted by Crippen LogP contribution is 2.18. The van der Waals surface area contributed by atoms with Gasteiger partial charge in [0.15, 0.2) is 0 Å². The van der Waals surface area contributed by atoms with Crippen LogP contribution in [0.5, 0.6) is 0 Å². The summed E-state index contributed by atoms with van der Waals surface area (Å²) in [5.41, 5.74) is 2.77. The molecule has 0 aliphatic carbocycles. The van der Waals surface area contributed by atoms with Crippen molar-refractivity contribution in [3.63, 3.8) is 0 Å². The first-order chi connectivity index (χ1) is 9.95. The zero-order valence-electron chi connectivity index (χ0n) is 13.1. The molecule has 1 amide bonds. The Morgan fingerprint density at radius 3 is 2.38 bits per heavy atom. The van der Waals surface area contributed by atoms with Gasteiger partial charge in [-0.05, 0) is 43.5 Å². The van der Waals surface area contributed by atoms with Gasteiger partial charge in [-0.15, -0.1) is 0 Å². The van der Waals surface area contributed by atoms with Gasteiger partial charge in [-0.25, -0.2) is 0 Å². The van der Waals surface area contributed by atoms with Gasteiger partial charge >= 0.3 is 0 Å². The predicted molar refractivity (Wildman–Crippen MR) is 87.8 cm³/mol. The van der Waals surface area contributed by atoms with E-state index in [1.807, 2.05) is 44.2 Å². The molecule has 0 aromatic heterocycles. The van der Waals surface area contributed by atoms with Crippen LogP contribution in [0.25, 0.3) is 0 Å². The van der Waals surface area contributed by atoms with Crippen molar-refractivity contribution in [3.05, 3.63) is 41.5 Å². The summed E-state index contributed by atoms with van der Waals surface area (Å²) in [6.45, 7) is 8.83. The van der Waals surface area contributed by atoms with E-state index in [9.17, 15) is 4.79 Å². The Labute approximate surface area is 126 Å². The lowest BCUT2D eigenvalue weighted by Crippen LogP contribution is -2.28. The van der Waals surface area contributed by atoms with Gasteiger partial charge in [0, 0.05) is 17.3 Å². The van der Waals surface area contributed by atoms with Crippen LogP contribution in [0.3, 0.4) is 0 Å². The molecule has 0 bridgehead atoms. The smallest absolute Gasteiger partial charge is 0.253 e. The molecule has 2 N–H and O–H groups in total. The molecular weight excluding hydrogens is 262 g/mol. The minimum atomic E-state index is -0.0865. The zero-order chi connectivity index (χ0) is 15.4. The molecule has 1 aromatic rings. The average molecular weight is 285 g/mol. The number of hydrogen-bond donors (Lipinski definition) is 2. The molecule has 0 unspecified atom stereocenters. The molecule has 112 valence electrons. The van der Waals surface area contributed by atoms with Gasteiger partial charge in [0.1, 0.15) is 5.84 Å². The second-order valence-electron chi connectivity index (χ2n) is 5.90. The van der Waals surface area contributed by atoms with Gasteiger partial charge in [0.25, 0.3) is 5.91 Å². The first kappa shape index (κ1) is 15.3. The van der Waals surface area contributed by atoms with Crippen LogP contribution in [0, 0.1) is 0 Å². The maximum atomic E-state index is 12.2. The van der Waals surface area contributed by atoms with E-state index in [1.54, 1.807) is 0 Å². The van der Waals surface area contributed by atoms with E-state index in [0.29, 0.717) is 24.1 Å². The molecule has 21 heavy (non-hydrogen) atoms. The summed E-state index contributed by atoms with van der Waals surface area (Å²) in [6.07, 6.45) is 1.82. The van der Waals surface area contributed by atoms with Crippen molar-refractivity contribution < 1.29 is 4.79 Å². The lowest BCUT2D eigenvalue weighted by molar-refractivity contribution is -0.112. The molecule has 0 atom stereocenters. The minimum absolute atomic E-state index is 0.0865. The van der Waals surface area contributed by atoms with Crippen LogP contribution in [0.1, 0.15) is 39.2 Å². The number of nitrogens with one attached hydrogen (secondary N) is 2. The number of nitrogens with zero attached hydrogens (tertiary/aromatic N) is 1. The second kappa shape index (κ2) is 6.57. The van der Waals surface area contributed by atoms with Gasteiger partial charge in [-0.3, -0.25) is 9.79 Å². The molecular formula is C17H23N3O. The van der Waals surface area contributed by atoms with Crippen molar-refractivity contribution in [3.8, 4) is 0 Å². The molecule has 1 aliphatic heterocycles. The van der Waals surface area contributed by atoms with Crippen LogP contribution < -0.4 is 10.6 Å². The fourth-order valence-corrected chi connectivity index (χ4v) is 2.11. The lowest BCUT2D eigenvalue weighted by Gasteiger charge is -2.08. The van der Waals surface area contributed by atoms with E-state index in [0.717, 1.165) is 11.5 Å². The molecule has 0 saturated carbocycles. The monoisotopic (exact) mass is 285 g/mol. The Hall–Kier alpha value is -2.10. The van der Waals surface area contributed by atoms with E-state index in [-0.39, 0.29) is 5.91 Å². The van der Waals surface area contributed by atoms with E-state index < -0.39 is 0 Å². The summed E-state index contributed by atoms with van der Waals surface area (Å²) in [6, 6.07) is 8.29. The van der Waals surface area contributed by atoms with Crippen molar-refractivity contribution in [2.45, 2.75) is 39.7 Å². The number of hydrogen-bond acceptors (Lipinski definition) is 3. The first-order valence-corrected chi connectivity index (χ1v) is 7.38. The maximum absolute atomic E-state index is 12.2. The third-order valence-electron chi connectivity index (χ3n) is 3.29. The van der Waals surface area contributed by atoms with Gasteiger partial charge in [-0.2, -0.15) is 0 Å². The summed E-state index contributed by atoms with van der Waals surface area (Å²) in [7, 11) is 0. The number of carbonyl (C=O) groups excluding carboxylic acids is 1. The second-order valence-corrected chi connectivity index (χ2v) is 5.90. The fourth-order valence-electron chi connectivity index (χ4n) is 2.11. The number of amides is 1. The van der Waals surface area contributed by atoms with E-state index in [4.69, 9.17) is 0 Å². The van der Waals surface area contributed by atoms with E-state index in [2.05, 4.69) is 29.5 Å². The van der Waals surface area contributed by atoms with Gasteiger partial charge in [-0.1, -0.05) is 26.0 Å². The topological polar surface area (TPSA) is 53.5 Å². The van der Waals surface area contributed by atoms with Crippen LogP contribution in [0.15, 0.2) is 40.9 Å². The molecule has 0 radical (unpaired) electrons. The number of carbonyl (C=O) groups is 1. The highest BCUT2D eigenvalue weighted by Gasteiger charge is 2.16. The van der Waals surface area contributed by atoms with Gasteiger partial charge in [0.2, 0.25) is 0 Å². The molecule has 2 rings (SSSR count). The van der Waals surface area contributed by atoms with Crippen LogP contribution in [0.2, 0.25) is 0 Å². The van der Waals surface area contributed by atoms with E-state index >= 15 is 0 Å². The summed E-state index contributed by atoms with van der Waals surface area (Å²) in [5.74, 6) is 1.19. The van der Waals surface area contributed by atoms with Crippen molar-refractivity contribution in [1.82, 2.24) is 5.32 Å². The third kappa shape index (κ3) is 4.18. The van der Waals surface area contributed by atoms with Gasteiger partial charge in [0.05, 0.1) is 6.54 Å². The number of benzene rings is 1. The third-order valence-corrected chi connectivity index (χ3v) is 3.29. The Bertz CT molecular complexity index is 568. The number of amidine groups is 1.